The molecule has 5 aromatic carbocycles. The van der Waals surface area contributed by atoms with Crippen LogP contribution in [-0.4, -0.2) is 0 Å². The van der Waals surface area contributed by atoms with Gasteiger partial charge in [-0.05, 0) is 55.6 Å². The van der Waals surface area contributed by atoms with Gasteiger partial charge in [0.2, 0.25) is 0 Å². The molecule has 0 aliphatic carbocycles. The molecule has 0 aromatic heterocycles. The van der Waals surface area contributed by atoms with Crippen molar-refractivity contribution in [1.29, 1.82) is 0 Å². The van der Waals surface area contributed by atoms with Crippen molar-refractivity contribution in [3.63, 3.8) is 0 Å². The first-order valence-corrected chi connectivity index (χ1v) is 8.11. The molecule has 0 unspecified atom stereocenters. The first-order chi connectivity index (χ1) is 11.3. The minimum atomic E-state index is 0.770. The maximum absolute atomic E-state index is 6.04. The zero-order chi connectivity index (χ0) is 15.4. The molecule has 23 heavy (non-hydrogen) atoms. The number of hydrogen-bond acceptors (Lipinski definition) is 0. The van der Waals surface area contributed by atoms with Gasteiger partial charge in [-0.3, -0.25) is 0 Å². The predicted molar refractivity (Wildman–Crippen MR) is 101 cm³/mol. The molecule has 0 radical (unpaired) electrons. The van der Waals surface area contributed by atoms with Gasteiger partial charge in [-0.2, -0.15) is 0 Å². The lowest BCUT2D eigenvalue weighted by molar-refractivity contribution is 1.66. The maximum Gasteiger partial charge on any atom is 0.0406 e. The molecule has 5 rings (SSSR count). The van der Waals surface area contributed by atoms with Crippen molar-refractivity contribution in [2.75, 3.05) is 0 Å². The highest BCUT2D eigenvalue weighted by Gasteiger charge is 2.11. The Morgan fingerprint density at radius 2 is 1.13 bits per heavy atom. The van der Waals surface area contributed by atoms with E-state index in [4.69, 9.17) is 11.6 Å². The first-order valence-electron chi connectivity index (χ1n) is 7.74. The second kappa shape index (κ2) is 4.71. The third-order valence-electron chi connectivity index (χ3n) is 4.68. The van der Waals surface area contributed by atoms with E-state index in [0.717, 1.165) is 5.02 Å². The van der Waals surface area contributed by atoms with Crippen LogP contribution >= 0.6 is 11.6 Å². The Labute approximate surface area is 139 Å². The van der Waals surface area contributed by atoms with Crippen LogP contribution in [0.5, 0.6) is 0 Å². The van der Waals surface area contributed by atoms with E-state index in [9.17, 15) is 0 Å². The number of hydrogen-bond donors (Lipinski definition) is 0. The molecule has 0 saturated carbocycles. The van der Waals surface area contributed by atoms with E-state index in [2.05, 4.69) is 66.7 Å². The molecule has 0 spiro atoms. The van der Waals surface area contributed by atoms with E-state index in [1.807, 2.05) is 12.1 Å². The van der Waals surface area contributed by atoms with Crippen LogP contribution in [0.25, 0.3) is 43.4 Å². The molecule has 0 bridgehead atoms. The van der Waals surface area contributed by atoms with Crippen molar-refractivity contribution in [2.45, 2.75) is 0 Å². The summed E-state index contributed by atoms with van der Waals surface area (Å²) in [5.74, 6) is 0. The summed E-state index contributed by atoms with van der Waals surface area (Å²) in [6.45, 7) is 0. The van der Waals surface area contributed by atoms with Crippen LogP contribution in [0.1, 0.15) is 0 Å². The molecule has 0 nitrogen and oxygen atoms in total. The van der Waals surface area contributed by atoms with Crippen LogP contribution in [0.3, 0.4) is 0 Å². The average Bonchev–Trinajstić information content (AvgIpc) is 2.60. The van der Waals surface area contributed by atoms with Crippen molar-refractivity contribution < 1.29 is 0 Å². The van der Waals surface area contributed by atoms with E-state index >= 15 is 0 Å². The minimum absolute atomic E-state index is 0.770. The molecule has 0 N–H and O–H groups in total. The van der Waals surface area contributed by atoms with Crippen LogP contribution < -0.4 is 0 Å². The second-order valence-electron chi connectivity index (χ2n) is 5.98. The zero-order valence-electron chi connectivity index (χ0n) is 12.4. The van der Waals surface area contributed by atoms with Gasteiger partial charge in [0.15, 0.2) is 0 Å². The van der Waals surface area contributed by atoms with Crippen LogP contribution in [0.2, 0.25) is 5.02 Å². The number of benzene rings is 5. The summed E-state index contributed by atoms with van der Waals surface area (Å²) in [4.78, 5) is 0. The summed E-state index contributed by atoms with van der Waals surface area (Å²) >= 11 is 6.04. The van der Waals surface area contributed by atoms with Gasteiger partial charge in [0.25, 0.3) is 0 Å². The highest BCUT2D eigenvalue weighted by Crippen LogP contribution is 2.39. The zero-order valence-corrected chi connectivity index (χ0v) is 13.1. The molecule has 0 saturated heterocycles. The van der Waals surface area contributed by atoms with E-state index in [1.54, 1.807) is 0 Å². The fraction of sp³-hybridized carbons (Fsp3) is 0. The lowest BCUT2D eigenvalue weighted by Crippen LogP contribution is -1.86. The van der Waals surface area contributed by atoms with Crippen molar-refractivity contribution in [1.82, 2.24) is 0 Å². The number of halogens is 1. The maximum atomic E-state index is 6.04. The lowest BCUT2D eigenvalue weighted by atomic mass is 9.90. The summed E-state index contributed by atoms with van der Waals surface area (Å²) in [5.41, 5.74) is 2.46. The molecule has 0 aliphatic heterocycles. The minimum Gasteiger partial charge on any atom is -0.0843 e. The average molecular weight is 313 g/mol. The van der Waals surface area contributed by atoms with Gasteiger partial charge >= 0.3 is 0 Å². The summed E-state index contributed by atoms with van der Waals surface area (Å²) in [6, 6.07) is 27.9. The van der Waals surface area contributed by atoms with Gasteiger partial charge in [0.1, 0.15) is 0 Å². The summed E-state index contributed by atoms with van der Waals surface area (Å²) in [7, 11) is 0. The molecule has 108 valence electrons. The fourth-order valence-corrected chi connectivity index (χ4v) is 3.74. The molecular formula is C22H13Cl. The molecule has 0 atom stereocenters. The van der Waals surface area contributed by atoms with Gasteiger partial charge in [0, 0.05) is 5.02 Å². The summed E-state index contributed by atoms with van der Waals surface area (Å²) in [6.07, 6.45) is 0. The van der Waals surface area contributed by atoms with Gasteiger partial charge in [0.05, 0.1) is 0 Å². The Hall–Kier alpha value is -2.57. The second-order valence-corrected chi connectivity index (χ2v) is 6.41. The van der Waals surface area contributed by atoms with Crippen molar-refractivity contribution in [2.24, 2.45) is 0 Å². The quantitative estimate of drug-likeness (QED) is 0.295. The van der Waals surface area contributed by atoms with E-state index in [1.165, 1.54) is 43.4 Å². The third-order valence-corrected chi connectivity index (χ3v) is 4.94. The van der Waals surface area contributed by atoms with Crippen molar-refractivity contribution >= 4 is 43.9 Å². The molecule has 0 amide bonds. The highest BCUT2D eigenvalue weighted by molar-refractivity contribution is 6.30. The van der Waals surface area contributed by atoms with Gasteiger partial charge < -0.3 is 0 Å². The lowest BCUT2D eigenvalue weighted by Gasteiger charge is -2.14. The molecule has 5 aromatic rings. The molecule has 0 fully saturated rings. The van der Waals surface area contributed by atoms with E-state index < -0.39 is 0 Å². The SMILES string of the molecule is Clc1ccc(-c2ccc3ccc4cccc5ccc2c3c45)cc1. The topological polar surface area (TPSA) is 0 Å². The van der Waals surface area contributed by atoms with Gasteiger partial charge in [-0.25, -0.2) is 0 Å². The van der Waals surface area contributed by atoms with E-state index in [0.29, 0.717) is 0 Å². The molecular weight excluding hydrogens is 300 g/mol. The van der Waals surface area contributed by atoms with Crippen molar-refractivity contribution in [3.05, 3.63) is 83.9 Å². The van der Waals surface area contributed by atoms with Crippen LogP contribution in [0.15, 0.2) is 78.9 Å². The Kier molecular flexibility index (Phi) is 2.65. The first kappa shape index (κ1) is 12.9. The fourth-order valence-electron chi connectivity index (χ4n) is 3.62. The van der Waals surface area contributed by atoms with Crippen LogP contribution in [0, 0.1) is 0 Å². The van der Waals surface area contributed by atoms with Crippen LogP contribution in [0.4, 0.5) is 0 Å². The predicted octanol–water partition coefficient (Wildman–Crippen LogP) is 6.90. The van der Waals surface area contributed by atoms with Gasteiger partial charge in [-0.15, -0.1) is 0 Å². The molecule has 0 aliphatic rings. The molecule has 1 heteroatoms. The standard InChI is InChI=1S/C22H13Cl/c23-18-10-6-14(7-11-18)19-12-8-17-5-4-15-2-1-3-16-9-13-20(19)22(17)21(15)16/h1-13H. The smallest absolute Gasteiger partial charge is 0.0406 e. The third kappa shape index (κ3) is 1.85. The highest BCUT2D eigenvalue weighted by atomic mass is 35.5. The monoisotopic (exact) mass is 312 g/mol. The van der Waals surface area contributed by atoms with Crippen LogP contribution in [-0.2, 0) is 0 Å². The Bertz CT molecular complexity index is 1140. The summed E-state index contributed by atoms with van der Waals surface area (Å²) < 4.78 is 0. The Balaban J connectivity index is 1.96. The van der Waals surface area contributed by atoms with Crippen molar-refractivity contribution in [3.8, 4) is 11.1 Å². The normalized spacial score (nSPS) is 11.7. The Morgan fingerprint density at radius 3 is 1.87 bits per heavy atom. The largest absolute Gasteiger partial charge is 0.0843 e. The Morgan fingerprint density at radius 1 is 0.522 bits per heavy atom. The summed E-state index contributed by atoms with van der Waals surface area (Å²) in [5, 5.41) is 8.68. The van der Waals surface area contributed by atoms with E-state index in [-0.39, 0.29) is 0 Å². The molecule has 0 heterocycles. The van der Waals surface area contributed by atoms with Gasteiger partial charge in [-0.1, -0.05) is 78.3 Å². The number of rotatable bonds is 1.